The monoisotopic (exact) mass is 296 g/mol. The van der Waals surface area contributed by atoms with Crippen LogP contribution >= 0.6 is 11.8 Å². The van der Waals surface area contributed by atoms with Crippen LogP contribution in [0.15, 0.2) is 29.2 Å². The van der Waals surface area contributed by atoms with Crippen molar-refractivity contribution in [3.05, 3.63) is 29.8 Å². The van der Waals surface area contributed by atoms with Gasteiger partial charge in [0.25, 0.3) is 0 Å². The molecule has 0 bridgehead atoms. The van der Waals surface area contributed by atoms with Gasteiger partial charge in [0.05, 0.1) is 0 Å². The average molecular weight is 296 g/mol. The molecule has 2 N–H and O–H groups in total. The third kappa shape index (κ3) is 3.99. The van der Waals surface area contributed by atoms with E-state index in [-0.39, 0.29) is 0 Å². The Bertz CT molecular complexity index is 516. The van der Waals surface area contributed by atoms with Gasteiger partial charge < -0.3 is 10.4 Å². The number of amides is 3. The van der Waals surface area contributed by atoms with Gasteiger partial charge in [0, 0.05) is 18.9 Å². The van der Waals surface area contributed by atoms with Crippen LogP contribution in [0, 0.1) is 0 Å². The standard InChI is InChI=1S/C13H16N2O4S/c1-8(16)15(2)13(19)14-11(12(17)18)9-4-6-10(20-3)7-5-9/h4-7,11H,1-3H3,(H,14,19)(H,17,18). The van der Waals surface area contributed by atoms with Crippen molar-refractivity contribution < 1.29 is 19.5 Å². The van der Waals surface area contributed by atoms with Crippen LogP contribution in [0.2, 0.25) is 0 Å². The first-order valence-corrected chi connectivity index (χ1v) is 7.00. The van der Waals surface area contributed by atoms with Crippen LogP contribution in [0.5, 0.6) is 0 Å². The van der Waals surface area contributed by atoms with Gasteiger partial charge in [-0.05, 0) is 24.0 Å². The van der Waals surface area contributed by atoms with Crippen LogP contribution in [0.4, 0.5) is 4.79 Å². The molecule has 1 aromatic carbocycles. The summed E-state index contributed by atoms with van der Waals surface area (Å²) in [5.74, 6) is -1.66. The molecule has 0 saturated carbocycles. The molecular formula is C13H16N2O4S. The van der Waals surface area contributed by atoms with E-state index < -0.39 is 23.9 Å². The lowest BCUT2D eigenvalue weighted by molar-refractivity contribution is -0.139. The zero-order valence-electron chi connectivity index (χ0n) is 11.4. The maximum Gasteiger partial charge on any atom is 0.330 e. The summed E-state index contributed by atoms with van der Waals surface area (Å²) >= 11 is 1.53. The molecule has 20 heavy (non-hydrogen) atoms. The van der Waals surface area contributed by atoms with E-state index in [1.807, 2.05) is 6.26 Å². The molecule has 0 aliphatic carbocycles. The Balaban J connectivity index is 2.91. The molecule has 6 nitrogen and oxygen atoms in total. The van der Waals surface area contributed by atoms with Gasteiger partial charge in [0.1, 0.15) is 0 Å². The molecule has 3 amide bonds. The fourth-order valence-corrected chi connectivity index (χ4v) is 1.86. The number of nitrogens with one attached hydrogen (secondary N) is 1. The lowest BCUT2D eigenvalue weighted by Gasteiger charge is -2.19. The first kappa shape index (κ1) is 16.0. The van der Waals surface area contributed by atoms with E-state index in [1.54, 1.807) is 24.3 Å². The smallest absolute Gasteiger partial charge is 0.330 e. The highest BCUT2D eigenvalue weighted by atomic mass is 32.2. The zero-order valence-corrected chi connectivity index (χ0v) is 12.2. The molecule has 0 saturated heterocycles. The summed E-state index contributed by atoms with van der Waals surface area (Å²) in [6.07, 6.45) is 1.91. The lowest BCUT2D eigenvalue weighted by Crippen LogP contribution is -2.43. The Morgan fingerprint density at radius 3 is 2.20 bits per heavy atom. The Hall–Kier alpha value is -2.02. The van der Waals surface area contributed by atoms with Crippen LogP contribution in [-0.4, -0.2) is 41.2 Å². The summed E-state index contributed by atoms with van der Waals surface area (Å²) < 4.78 is 0. The van der Waals surface area contributed by atoms with E-state index in [9.17, 15) is 19.5 Å². The Labute approximate surface area is 121 Å². The number of thioether (sulfide) groups is 1. The molecule has 1 atom stereocenters. The molecule has 108 valence electrons. The maximum atomic E-state index is 11.7. The molecule has 1 aromatic rings. The fourth-order valence-electron chi connectivity index (χ4n) is 1.45. The number of rotatable bonds is 4. The third-order valence-corrected chi connectivity index (χ3v) is 3.48. The zero-order chi connectivity index (χ0) is 15.3. The number of carbonyl (C=O) groups is 3. The predicted octanol–water partition coefficient (Wildman–Crippen LogP) is 1.72. The van der Waals surface area contributed by atoms with E-state index in [2.05, 4.69) is 5.32 Å². The first-order chi connectivity index (χ1) is 9.36. The Morgan fingerprint density at radius 1 is 1.25 bits per heavy atom. The molecule has 0 aliphatic heterocycles. The van der Waals surface area contributed by atoms with Crippen LogP contribution in [0.3, 0.4) is 0 Å². The number of carboxylic acid groups (broad SMARTS) is 1. The summed E-state index contributed by atoms with van der Waals surface area (Å²) in [6, 6.07) is 4.88. The Morgan fingerprint density at radius 2 is 1.80 bits per heavy atom. The highest BCUT2D eigenvalue weighted by molar-refractivity contribution is 7.98. The van der Waals surface area contributed by atoms with Crippen molar-refractivity contribution in [3.63, 3.8) is 0 Å². The molecule has 0 radical (unpaired) electrons. The number of nitrogens with zero attached hydrogens (tertiary/aromatic N) is 1. The van der Waals surface area contributed by atoms with Crippen molar-refractivity contribution in [2.75, 3.05) is 13.3 Å². The van der Waals surface area contributed by atoms with Gasteiger partial charge in [-0.2, -0.15) is 0 Å². The second kappa shape index (κ2) is 6.95. The highest BCUT2D eigenvalue weighted by Crippen LogP contribution is 2.19. The van der Waals surface area contributed by atoms with Crippen molar-refractivity contribution in [1.82, 2.24) is 10.2 Å². The highest BCUT2D eigenvalue weighted by Gasteiger charge is 2.24. The van der Waals surface area contributed by atoms with Gasteiger partial charge in [0.15, 0.2) is 6.04 Å². The molecule has 0 fully saturated rings. The van der Waals surface area contributed by atoms with E-state index in [1.165, 1.54) is 25.7 Å². The summed E-state index contributed by atoms with van der Waals surface area (Å²) in [7, 11) is 1.29. The number of aliphatic carboxylic acids is 1. The molecule has 0 aliphatic rings. The number of urea groups is 1. The number of carbonyl (C=O) groups excluding carboxylic acids is 2. The van der Waals surface area contributed by atoms with Crippen molar-refractivity contribution in [3.8, 4) is 0 Å². The Kier molecular flexibility index (Phi) is 5.57. The van der Waals surface area contributed by atoms with Gasteiger partial charge >= 0.3 is 12.0 Å². The van der Waals surface area contributed by atoms with Gasteiger partial charge in [-0.25, -0.2) is 9.59 Å². The number of hydrogen-bond acceptors (Lipinski definition) is 4. The maximum absolute atomic E-state index is 11.7. The summed E-state index contributed by atoms with van der Waals surface area (Å²) in [5, 5.41) is 11.5. The second-order valence-corrected chi connectivity index (χ2v) is 4.95. The summed E-state index contributed by atoms with van der Waals surface area (Å²) in [4.78, 5) is 35.9. The molecule has 0 spiro atoms. The quantitative estimate of drug-likeness (QED) is 0.826. The largest absolute Gasteiger partial charge is 0.479 e. The van der Waals surface area contributed by atoms with Crippen molar-refractivity contribution in [2.45, 2.75) is 17.9 Å². The number of imide groups is 1. The van der Waals surface area contributed by atoms with Gasteiger partial charge in [-0.1, -0.05) is 12.1 Å². The fraction of sp³-hybridized carbons (Fsp3) is 0.308. The van der Waals surface area contributed by atoms with Gasteiger partial charge in [-0.15, -0.1) is 11.8 Å². The number of benzene rings is 1. The third-order valence-electron chi connectivity index (χ3n) is 2.74. The number of carboxylic acids is 1. The molecule has 1 unspecified atom stereocenters. The minimum absolute atomic E-state index is 0.445. The van der Waals surface area contributed by atoms with E-state index >= 15 is 0 Å². The van der Waals surface area contributed by atoms with Crippen LogP contribution in [0.1, 0.15) is 18.5 Å². The predicted molar refractivity (Wildman–Crippen MR) is 75.6 cm³/mol. The first-order valence-electron chi connectivity index (χ1n) is 5.78. The molecule has 1 rings (SSSR count). The van der Waals surface area contributed by atoms with E-state index in [4.69, 9.17) is 0 Å². The van der Waals surface area contributed by atoms with Crippen LogP contribution in [0.25, 0.3) is 0 Å². The van der Waals surface area contributed by atoms with E-state index in [0.29, 0.717) is 5.56 Å². The van der Waals surface area contributed by atoms with Gasteiger partial charge in [0.2, 0.25) is 5.91 Å². The van der Waals surface area contributed by atoms with Crippen molar-refractivity contribution in [1.29, 1.82) is 0 Å². The van der Waals surface area contributed by atoms with Gasteiger partial charge in [-0.3, -0.25) is 9.69 Å². The lowest BCUT2D eigenvalue weighted by atomic mass is 10.1. The van der Waals surface area contributed by atoms with E-state index in [0.717, 1.165) is 9.80 Å². The average Bonchev–Trinajstić information content (AvgIpc) is 2.43. The molecule has 7 heteroatoms. The minimum Gasteiger partial charge on any atom is -0.479 e. The van der Waals surface area contributed by atoms with Crippen molar-refractivity contribution >= 4 is 29.7 Å². The summed E-state index contributed by atoms with van der Waals surface area (Å²) in [6.45, 7) is 1.22. The molecule has 0 heterocycles. The SMILES string of the molecule is CSc1ccc(C(NC(=O)N(C)C(C)=O)C(=O)O)cc1. The minimum atomic E-state index is -1.19. The van der Waals surface area contributed by atoms with Crippen molar-refractivity contribution in [2.24, 2.45) is 0 Å². The summed E-state index contributed by atoms with van der Waals surface area (Å²) in [5.41, 5.74) is 0.445. The second-order valence-electron chi connectivity index (χ2n) is 4.07. The molecular weight excluding hydrogens is 280 g/mol. The normalized spacial score (nSPS) is 11.6. The number of hydrogen-bond donors (Lipinski definition) is 2. The van der Waals surface area contributed by atoms with Crippen LogP contribution < -0.4 is 5.32 Å². The topological polar surface area (TPSA) is 86.7 Å². The van der Waals surface area contributed by atoms with Crippen LogP contribution in [-0.2, 0) is 9.59 Å². The molecule has 0 aromatic heterocycles.